The van der Waals surface area contributed by atoms with Crippen LogP contribution in [0.1, 0.15) is 23.8 Å². The molecule has 1 aromatic heterocycles. The van der Waals surface area contributed by atoms with E-state index in [0.717, 1.165) is 0 Å². The summed E-state index contributed by atoms with van der Waals surface area (Å²) in [6.07, 6.45) is 1.52. The summed E-state index contributed by atoms with van der Waals surface area (Å²) in [5.41, 5.74) is 1.23. The molecule has 1 N–H and O–H groups in total. The van der Waals surface area contributed by atoms with Crippen LogP contribution in [-0.2, 0) is 23.2 Å². The van der Waals surface area contributed by atoms with Gasteiger partial charge in [-0.05, 0) is 36.2 Å². The Balaban J connectivity index is 2.39. The summed E-state index contributed by atoms with van der Waals surface area (Å²) in [5, 5.41) is 9.20. The van der Waals surface area contributed by atoms with E-state index < -0.39 is 10.0 Å². The lowest BCUT2D eigenvalue weighted by Crippen LogP contribution is -2.30. The van der Waals surface area contributed by atoms with E-state index in [1.54, 1.807) is 38.1 Å². The van der Waals surface area contributed by atoms with Crippen molar-refractivity contribution in [2.45, 2.75) is 31.9 Å². The summed E-state index contributed by atoms with van der Waals surface area (Å²) >= 11 is 0. The molecule has 0 saturated heterocycles. The predicted octanol–water partition coefficient (Wildman–Crippen LogP) is 2.29. The third kappa shape index (κ3) is 3.34. The van der Waals surface area contributed by atoms with Crippen LogP contribution >= 0.6 is 0 Å². The molecule has 6 heteroatoms. The zero-order valence-electron chi connectivity index (χ0n) is 12.1. The SMILES string of the molecule is CCN(Cc1ccco1)S(=O)(=O)c1cc(CO)ccc1C. The van der Waals surface area contributed by atoms with Gasteiger partial charge in [-0.25, -0.2) is 8.42 Å². The third-order valence-electron chi connectivity index (χ3n) is 3.32. The molecule has 0 aliphatic rings. The first-order valence-electron chi connectivity index (χ1n) is 6.72. The van der Waals surface area contributed by atoms with Crippen molar-refractivity contribution in [3.05, 3.63) is 53.5 Å². The second-order valence-electron chi connectivity index (χ2n) is 4.77. The van der Waals surface area contributed by atoms with Crippen LogP contribution in [-0.4, -0.2) is 24.4 Å². The van der Waals surface area contributed by atoms with Gasteiger partial charge < -0.3 is 9.52 Å². The number of furan rings is 1. The van der Waals surface area contributed by atoms with E-state index in [9.17, 15) is 13.5 Å². The molecule has 0 aliphatic heterocycles. The van der Waals surface area contributed by atoms with Crippen LogP contribution in [0.3, 0.4) is 0 Å². The van der Waals surface area contributed by atoms with Crippen molar-refractivity contribution in [3.63, 3.8) is 0 Å². The van der Waals surface area contributed by atoms with E-state index in [1.807, 2.05) is 0 Å². The quantitative estimate of drug-likeness (QED) is 0.889. The number of sulfonamides is 1. The van der Waals surface area contributed by atoms with Crippen molar-refractivity contribution in [3.8, 4) is 0 Å². The van der Waals surface area contributed by atoms with Crippen molar-refractivity contribution in [2.24, 2.45) is 0 Å². The van der Waals surface area contributed by atoms with Gasteiger partial charge in [0.25, 0.3) is 0 Å². The number of benzene rings is 1. The van der Waals surface area contributed by atoms with Crippen LogP contribution in [0.4, 0.5) is 0 Å². The van der Waals surface area contributed by atoms with Crippen LogP contribution in [0, 0.1) is 6.92 Å². The Bertz CT molecular complexity index is 692. The molecular weight excluding hydrogens is 290 g/mol. The van der Waals surface area contributed by atoms with Gasteiger partial charge in [0, 0.05) is 6.54 Å². The van der Waals surface area contributed by atoms with Crippen LogP contribution < -0.4 is 0 Å². The lowest BCUT2D eigenvalue weighted by molar-refractivity contribution is 0.281. The summed E-state index contributed by atoms with van der Waals surface area (Å²) in [6, 6.07) is 8.43. The van der Waals surface area contributed by atoms with Gasteiger partial charge in [-0.1, -0.05) is 19.1 Å². The molecule has 0 amide bonds. The highest BCUT2D eigenvalue weighted by atomic mass is 32.2. The molecule has 0 aliphatic carbocycles. The largest absolute Gasteiger partial charge is 0.468 e. The van der Waals surface area contributed by atoms with Gasteiger partial charge in [-0.3, -0.25) is 0 Å². The molecule has 2 rings (SSSR count). The van der Waals surface area contributed by atoms with Crippen molar-refractivity contribution < 1.29 is 17.9 Å². The third-order valence-corrected chi connectivity index (χ3v) is 5.38. The molecular formula is C15H19NO4S. The highest BCUT2D eigenvalue weighted by Crippen LogP contribution is 2.23. The van der Waals surface area contributed by atoms with Gasteiger partial charge in [-0.2, -0.15) is 4.31 Å². The summed E-state index contributed by atoms with van der Waals surface area (Å²) in [7, 11) is -3.63. The second kappa shape index (κ2) is 6.43. The number of rotatable bonds is 6. The van der Waals surface area contributed by atoms with Crippen molar-refractivity contribution in [1.29, 1.82) is 0 Å². The molecule has 5 nitrogen and oxygen atoms in total. The average molecular weight is 309 g/mol. The maximum absolute atomic E-state index is 12.8. The monoisotopic (exact) mass is 309 g/mol. The van der Waals surface area contributed by atoms with E-state index in [-0.39, 0.29) is 18.0 Å². The van der Waals surface area contributed by atoms with Crippen molar-refractivity contribution >= 4 is 10.0 Å². The number of hydrogen-bond donors (Lipinski definition) is 1. The first kappa shape index (κ1) is 15.8. The fourth-order valence-electron chi connectivity index (χ4n) is 2.10. The predicted molar refractivity (Wildman–Crippen MR) is 79.1 cm³/mol. The zero-order valence-corrected chi connectivity index (χ0v) is 12.9. The molecule has 0 fully saturated rings. The molecule has 0 bridgehead atoms. The fraction of sp³-hybridized carbons (Fsp3) is 0.333. The van der Waals surface area contributed by atoms with Crippen LogP contribution in [0.5, 0.6) is 0 Å². The summed E-state index contributed by atoms with van der Waals surface area (Å²) in [4.78, 5) is 0.224. The average Bonchev–Trinajstić information content (AvgIpc) is 2.98. The molecule has 21 heavy (non-hydrogen) atoms. The lowest BCUT2D eigenvalue weighted by Gasteiger charge is -2.21. The summed E-state index contributed by atoms with van der Waals surface area (Å²) < 4.78 is 32.1. The van der Waals surface area contributed by atoms with Gasteiger partial charge in [0.2, 0.25) is 10.0 Å². The maximum atomic E-state index is 12.8. The Morgan fingerprint density at radius 1 is 1.29 bits per heavy atom. The van der Waals surface area contributed by atoms with Crippen molar-refractivity contribution in [1.82, 2.24) is 4.31 Å². The molecule has 1 aromatic carbocycles. The Kier molecular flexibility index (Phi) is 4.82. The molecule has 1 heterocycles. The standard InChI is InChI=1S/C15H19NO4S/c1-3-16(10-14-5-4-8-20-14)21(18,19)15-9-13(11-17)7-6-12(15)2/h4-9,17H,3,10-11H2,1-2H3. The van der Waals surface area contributed by atoms with Gasteiger partial charge in [-0.15, -0.1) is 0 Å². The van der Waals surface area contributed by atoms with Gasteiger partial charge in [0.15, 0.2) is 0 Å². The van der Waals surface area contributed by atoms with Crippen LogP contribution in [0.25, 0.3) is 0 Å². The molecule has 0 unspecified atom stereocenters. The van der Waals surface area contributed by atoms with E-state index in [1.165, 1.54) is 16.6 Å². The minimum absolute atomic E-state index is 0.187. The van der Waals surface area contributed by atoms with Crippen LogP contribution in [0.2, 0.25) is 0 Å². The first-order valence-corrected chi connectivity index (χ1v) is 8.16. The highest BCUT2D eigenvalue weighted by molar-refractivity contribution is 7.89. The van der Waals surface area contributed by atoms with Gasteiger partial charge in [0.1, 0.15) is 5.76 Å². The minimum atomic E-state index is -3.63. The lowest BCUT2D eigenvalue weighted by atomic mass is 10.2. The molecule has 0 radical (unpaired) electrons. The normalized spacial score (nSPS) is 12.0. The topological polar surface area (TPSA) is 70.8 Å². The maximum Gasteiger partial charge on any atom is 0.243 e. The number of aliphatic hydroxyl groups is 1. The number of aliphatic hydroxyl groups excluding tert-OH is 1. The fourth-order valence-corrected chi connectivity index (χ4v) is 3.79. The smallest absolute Gasteiger partial charge is 0.243 e. The van der Waals surface area contributed by atoms with E-state index in [0.29, 0.717) is 23.4 Å². The zero-order chi connectivity index (χ0) is 15.5. The summed E-state index contributed by atoms with van der Waals surface area (Å²) in [5.74, 6) is 0.594. The molecule has 2 aromatic rings. The van der Waals surface area contributed by atoms with Gasteiger partial charge >= 0.3 is 0 Å². The Morgan fingerprint density at radius 2 is 2.05 bits per heavy atom. The molecule has 0 saturated carbocycles. The van der Waals surface area contributed by atoms with E-state index in [2.05, 4.69) is 0 Å². The van der Waals surface area contributed by atoms with Crippen LogP contribution in [0.15, 0.2) is 45.9 Å². The minimum Gasteiger partial charge on any atom is -0.468 e. The highest BCUT2D eigenvalue weighted by Gasteiger charge is 2.26. The second-order valence-corrected chi connectivity index (χ2v) is 6.67. The summed E-state index contributed by atoms with van der Waals surface area (Å²) in [6.45, 7) is 3.87. The Hall–Kier alpha value is -1.63. The number of nitrogens with zero attached hydrogens (tertiary/aromatic N) is 1. The Labute approximate surface area is 124 Å². The van der Waals surface area contributed by atoms with Gasteiger partial charge in [0.05, 0.1) is 24.3 Å². The Morgan fingerprint density at radius 3 is 2.62 bits per heavy atom. The molecule has 114 valence electrons. The van der Waals surface area contributed by atoms with E-state index >= 15 is 0 Å². The number of aryl methyl sites for hydroxylation is 1. The molecule has 0 atom stereocenters. The number of hydrogen-bond acceptors (Lipinski definition) is 4. The van der Waals surface area contributed by atoms with E-state index in [4.69, 9.17) is 4.42 Å². The first-order chi connectivity index (χ1) is 9.98. The molecule has 0 spiro atoms. The van der Waals surface area contributed by atoms with Crippen molar-refractivity contribution in [2.75, 3.05) is 6.54 Å².